The highest BCUT2D eigenvalue weighted by atomic mass is 16.5. The third kappa shape index (κ3) is 4.45. The number of ether oxygens (including phenoxy) is 1. The highest BCUT2D eigenvalue weighted by molar-refractivity contribution is 5.99. The molecule has 1 unspecified atom stereocenters. The molecule has 5 rings (SSSR count). The Bertz CT molecular complexity index is 1030. The van der Waals surface area contributed by atoms with E-state index in [4.69, 9.17) is 4.74 Å². The van der Waals surface area contributed by atoms with Crippen molar-refractivity contribution in [3.8, 4) is 16.9 Å². The van der Waals surface area contributed by atoms with Gasteiger partial charge in [-0.05, 0) is 73.8 Å². The lowest BCUT2D eigenvalue weighted by Gasteiger charge is -2.35. The number of nitrogens with zero attached hydrogens (tertiary/aromatic N) is 2. The molecule has 2 aromatic carbocycles. The Hall–Kier alpha value is -2.47. The molecule has 0 radical (unpaired) electrons. The van der Waals surface area contributed by atoms with Gasteiger partial charge in [-0.3, -0.25) is 4.98 Å². The van der Waals surface area contributed by atoms with Crippen LogP contribution in [0.5, 0.6) is 5.75 Å². The van der Waals surface area contributed by atoms with E-state index in [0.717, 1.165) is 66.4 Å². The van der Waals surface area contributed by atoms with Crippen molar-refractivity contribution >= 4 is 10.8 Å². The predicted octanol–water partition coefficient (Wildman–Crippen LogP) is 3.88. The second-order valence-corrected chi connectivity index (χ2v) is 9.04. The van der Waals surface area contributed by atoms with E-state index in [1.807, 2.05) is 30.5 Å². The molecule has 1 aromatic heterocycles. The number of likely N-dealkylation sites (tertiary alicyclic amines) is 1. The van der Waals surface area contributed by atoms with Gasteiger partial charge in [-0.15, -0.1) is 0 Å². The van der Waals surface area contributed by atoms with Gasteiger partial charge in [0, 0.05) is 29.9 Å². The Morgan fingerprint density at radius 1 is 1.03 bits per heavy atom. The molecule has 3 aromatic rings. The van der Waals surface area contributed by atoms with Crippen LogP contribution in [0.4, 0.5) is 0 Å². The Balaban J connectivity index is 1.22. The maximum atomic E-state index is 10.6. The molecule has 0 bridgehead atoms. The Labute approximate surface area is 183 Å². The predicted molar refractivity (Wildman–Crippen MR) is 122 cm³/mol. The van der Waals surface area contributed by atoms with Gasteiger partial charge in [0.05, 0.1) is 5.60 Å². The molecule has 2 aliphatic rings. The number of benzene rings is 2. The van der Waals surface area contributed by atoms with E-state index in [1.165, 1.54) is 0 Å². The first kappa shape index (κ1) is 20.4. The molecule has 5 heteroatoms. The van der Waals surface area contributed by atoms with Crippen molar-refractivity contribution in [3.05, 3.63) is 60.9 Å². The van der Waals surface area contributed by atoms with Crippen LogP contribution in [0.3, 0.4) is 0 Å². The zero-order valence-corrected chi connectivity index (χ0v) is 17.8. The lowest BCUT2D eigenvalue weighted by atomic mass is 9.89. The van der Waals surface area contributed by atoms with Gasteiger partial charge < -0.3 is 19.8 Å². The van der Waals surface area contributed by atoms with Crippen molar-refractivity contribution in [2.45, 2.75) is 37.4 Å². The van der Waals surface area contributed by atoms with Crippen LogP contribution in [0.2, 0.25) is 0 Å². The number of hydrogen-bond donors (Lipinski definition) is 2. The van der Waals surface area contributed by atoms with Gasteiger partial charge in [0.15, 0.2) is 0 Å². The van der Waals surface area contributed by atoms with Crippen LogP contribution in [-0.2, 0) is 0 Å². The average Bonchev–Trinajstić information content (AvgIpc) is 3.57. The maximum absolute atomic E-state index is 10.6. The topological polar surface area (TPSA) is 65.8 Å². The maximum Gasteiger partial charge on any atom is 0.127 e. The third-order valence-electron chi connectivity index (χ3n) is 6.87. The average molecular weight is 419 g/mol. The van der Waals surface area contributed by atoms with E-state index >= 15 is 0 Å². The summed E-state index contributed by atoms with van der Waals surface area (Å²) < 4.78 is 6.07. The van der Waals surface area contributed by atoms with E-state index in [1.54, 1.807) is 6.20 Å². The Morgan fingerprint density at radius 3 is 2.52 bits per heavy atom. The minimum absolute atomic E-state index is 0.264. The van der Waals surface area contributed by atoms with Crippen LogP contribution in [-0.4, -0.2) is 58.0 Å². The molecule has 1 aliphatic heterocycles. The lowest BCUT2D eigenvalue weighted by Crippen LogP contribution is -2.43. The van der Waals surface area contributed by atoms with Crippen molar-refractivity contribution < 1.29 is 14.9 Å². The van der Waals surface area contributed by atoms with Gasteiger partial charge >= 0.3 is 0 Å². The summed E-state index contributed by atoms with van der Waals surface area (Å²) in [6.45, 7) is 2.75. The molecule has 1 saturated carbocycles. The van der Waals surface area contributed by atoms with Crippen molar-refractivity contribution in [1.82, 2.24) is 9.88 Å². The van der Waals surface area contributed by atoms with Crippen molar-refractivity contribution in [3.63, 3.8) is 0 Å². The summed E-state index contributed by atoms with van der Waals surface area (Å²) in [6, 6.07) is 16.2. The largest absolute Gasteiger partial charge is 0.490 e. The third-order valence-corrected chi connectivity index (χ3v) is 6.87. The fourth-order valence-corrected chi connectivity index (χ4v) is 4.90. The van der Waals surface area contributed by atoms with E-state index in [0.29, 0.717) is 12.5 Å². The van der Waals surface area contributed by atoms with Crippen LogP contribution < -0.4 is 4.74 Å². The quantitative estimate of drug-likeness (QED) is 0.610. The number of β-amino-alcohol motifs (C(OH)–C–C–N with tert-alkyl or cyclic N) is 1. The highest BCUT2D eigenvalue weighted by Crippen LogP contribution is 2.46. The summed E-state index contributed by atoms with van der Waals surface area (Å²) in [5.41, 5.74) is 1.82. The standard InChI is InChI=1S/C26H30N2O3/c29-21(17-28-14-9-20(10-15-28)26(30)11-12-26)18-31-25-8-7-22(19-4-3-13-27-16-19)23-5-1-2-6-24(23)25/h1-8,13,16,20-21,29-30H,9-12,14-15,17-18H2. The van der Waals surface area contributed by atoms with E-state index in [9.17, 15) is 10.2 Å². The zero-order chi connectivity index (χ0) is 21.3. The van der Waals surface area contributed by atoms with Gasteiger partial charge in [0.2, 0.25) is 0 Å². The molecule has 162 valence electrons. The molecule has 0 amide bonds. The second-order valence-electron chi connectivity index (χ2n) is 9.04. The van der Waals surface area contributed by atoms with Crippen LogP contribution >= 0.6 is 0 Å². The summed E-state index contributed by atoms with van der Waals surface area (Å²) in [5, 5.41) is 23.1. The van der Waals surface area contributed by atoms with Crippen LogP contribution in [0, 0.1) is 5.92 Å². The second kappa shape index (κ2) is 8.58. The molecule has 1 atom stereocenters. The molecular weight excluding hydrogens is 388 g/mol. The van der Waals surface area contributed by atoms with E-state index in [2.05, 4.69) is 34.1 Å². The van der Waals surface area contributed by atoms with Crippen molar-refractivity contribution in [2.24, 2.45) is 5.92 Å². The number of aliphatic hydroxyl groups excluding tert-OH is 1. The molecule has 0 spiro atoms. The molecule has 31 heavy (non-hydrogen) atoms. The van der Waals surface area contributed by atoms with E-state index in [-0.39, 0.29) is 12.2 Å². The van der Waals surface area contributed by atoms with Crippen molar-refractivity contribution in [1.29, 1.82) is 0 Å². The van der Waals surface area contributed by atoms with Crippen LogP contribution in [0.25, 0.3) is 21.9 Å². The minimum atomic E-state index is -0.544. The highest BCUT2D eigenvalue weighted by Gasteiger charge is 2.48. The number of rotatable bonds is 7. The fraction of sp³-hybridized carbons (Fsp3) is 0.423. The molecule has 2 N–H and O–H groups in total. The summed E-state index contributed by atoms with van der Waals surface area (Å²) in [5.74, 6) is 1.22. The molecule has 2 heterocycles. The SMILES string of the molecule is OC(COc1ccc(-c2cccnc2)c2ccccc12)CN1CCC(C2(O)CC2)CC1. The van der Waals surface area contributed by atoms with Gasteiger partial charge in [-0.25, -0.2) is 0 Å². The monoisotopic (exact) mass is 418 g/mol. The Kier molecular flexibility index (Phi) is 5.65. The number of hydrogen-bond acceptors (Lipinski definition) is 5. The number of aromatic nitrogens is 1. The summed E-state index contributed by atoms with van der Waals surface area (Å²) in [4.78, 5) is 6.54. The van der Waals surface area contributed by atoms with Crippen LogP contribution in [0.15, 0.2) is 60.9 Å². The first-order chi connectivity index (χ1) is 15.1. The number of piperidine rings is 1. The molecule has 1 aliphatic carbocycles. The molecular formula is C26H30N2O3. The van der Waals surface area contributed by atoms with Gasteiger partial charge in [0.1, 0.15) is 18.5 Å². The van der Waals surface area contributed by atoms with Gasteiger partial charge in [-0.2, -0.15) is 0 Å². The zero-order valence-electron chi connectivity index (χ0n) is 17.8. The molecule has 5 nitrogen and oxygen atoms in total. The van der Waals surface area contributed by atoms with Gasteiger partial charge in [-0.1, -0.05) is 30.3 Å². The minimum Gasteiger partial charge on any atom is -0.490 e. The number of fused-ring (bicyclic) bond motifs is 1. The summed E-state index contributed by atoms with van der Waals surface area (Å²) in [7, 11) is 0. The van der Waals surface area contributed by atoms with Crippen molar-refractivity contribution in [2.75, 3.05) is 26.2 Å². The summed E-state index contributed by atoms with van der Waals surface area (Å²) >= 11 is 0. The first-order valence-electron chi connectivity index (χ1n) is 11.3. The normalized spacial score (nSPS) is 19.9. The molecule has 1 saturated heterocycles. The van der Waals surface area contributed by atoms with E-state index < -0.39 is 6.10 Å². The van der Waals surface area contributed by atoms with Crippen LogP contribution in [0.1, 0.15) is 25.7 Å². The first-order valence-corrected chi connectivity index (χ1v) is 11.3. The number of aliphatic hydroxyl groups is 2. The Morgan fingerprint density at radius 2 is 1.81 bits per heavy atom. The fourth-order valence-electron chi connectivity index (χ4n) is 4.90. The number of pyridine rings is 1. The lowest BCUT2D eigenvalue weighted by molar-refractivity contribution is 0.0176. The smallest absolute Gasteiger partial charge is 0.127 e. The summed E-state index contributed by atoms with van der Waals surface area (Å²) in [6.07, 6.45) is 7.06. The van der Waals surface area contributed by atoms with Gasteiger partial charge in [0.25, 0.3) is 0 Å². The molecule has 2 fully saturated rings.